The fourth-order valence-corrected chi connectivity index (χ4v) is 3.05. The lowest BCUT2D eigenvalue weighted by molar-refractivity contribution is -0.140. The van der Waals surface area contributed by atoms with E-state index in [4.69, 9.17) is 4.52 Å². The summed E-state index contributed by atoms with van der Waals surface area (Å²) in [4.78, 5) is 15.7. The van der Waals surface area contributed by atoms with E-state index in [0.717, 1.165) is 56.7 Å². The summed E-state index contributed by atoms with van der Waals surface area (Å²) in [5.41, 5.74) is 0. The summed E-state index contributed by atoms with van der Waals surface area (Å²) in [5, 5.41) is 16.6. The first-order valence-corrected chi connectivity index (χ1v) is 8.45. The Bertz CT molecular complexity index is 467. The molecule has 0 amide bonds. The van der Waals surface area contributed by atoms with E-state index in [1.807, 2.05) is 6.92 Å². The van der Waals surface area contributed by atoms with E-state index in [1.165, 1.54) is 0 Å². The van der Waals surface area contributed by atoms with Crippen molar-refractivity contribution in [2.75, 3.05) is 0 Å². The van der Waals surface area contributed by atoms with Gasteiger partial charge in [0.25, 0.3) is 0 Å². The van der Waals surface area contributed by atoms with E-state index in [9.17, 15) is 9.90 Å². The van der Waals surface area contributed by atoms with Gasteiger partial charge in [-0.1, -0.05) is 31.8 Å². The first kappa shape index (κ1) is 16.9. The highest BCUT2D eigenvalue weighted by Crippen LogP contribution is 2.32. The number of unbranched alkanes of at least 4 members (excludes halogenated alkanes) is 1. The summed E-state index contributed by atoms with van der Waals surface area (Å²) in [5.74, 6) is 1.10. The normalized spacial score (nSPS) is 23.4. The first-order chi connectivity index (χ1) is 10.6. The largest absolute Gasteiger partial charge is 0.480 e. The van der Waals surface area contributed by atoms with Gasteiger partial charge in [-0.25, -0.2) is 0 Å². The number of carboxylic acid groups (broad SMARTS) is 1. The van der Waals surface area contributed by atoms with Crippen LogP contribution in [0.5, 0.6) is 0 Å². The summed E-state index contributed by atoms with van der Waals surface area (Å²) in [6.07, 6.45) is 7.34. The lowest BCUT2D eigenvalue weighted by atomic mass is 9.85. The van der Waals surface area contributed by atoms with Gasteiger partial charge in [-0.05, 0) is 32.1 Å². The van der Waals surface area contributed by atoms with E-state index in [-0.39, 0.29) is 6.04 Å². The SMILES string of the molecule is CCCC[C@H](NC1CCC(c2nc(CC)no2)CC1)C(=O)O. The van der Waals surface area contributed by atoms with Crippen molar-refractivity contribution < 1.29 is 14.4 Å². The second-order valence-electron chi connectivity index (χ2n) is 6.15. The first-order valence-electron chi connectivity index (χ1n) is 8.45. The summed E-state index contributed by atoms with van der Waals surface area (Å²) in [6, 6.07) is -0.139. The smallest absolute Gasteiger partial charge is 0.320 e. The molecule has 1 aromatic rings. The molecule has 1 aliphatic carbocycles. The van der Waals surface area contributed by atoms with Crippen LogP contribution in [0.1, 0.15) is 76.4 Å². The molecule has 6 nitrogen and oxygen atoms in total. The molecule has 0 saturated heterocycles. The number of carbonyl (C=O) groups is 1. The van der Waals surface area contributed by atoms with Crippen molar-refractivity contribution in [3.8, 4) is 0 Å². The molecule has 1 heterocycles. The van der Waals surface area contributed by atoms with Crippen LogP contribution in [0.15, 0.2) is 4.52 Å². The predicted molar refractivity (Wildman–Crippen MR) is 82.8 cm³/mol. The van der Waals surface area contributed by atoms with Gasteiger partial charge in [0.15, 0.2) is 5.82 Å². The molecule has 0 aromatic carbocycles. The highest BCUT2D eigenvalue weighted by molar-refractivity contribution is 5.73. The van der Waals surface area contributed by atoms with Crippen molar-refractivity contribution in [1.82, 2.24) is 15.5 Å². The number of nitrogens with zero attached hydrogens (tertiary/aromatic N) is 2. The fourth-order valence-electron chi connectivity index (χ4n) is 3.05. The minimum atomic E-state index is -0.736. The van der Waals surface area contributed by atoms with Gasteiger partial charge in [-0.3, -0.25) is 4.79 Å². The number of rotatable bonds is 8. The molecule has 0 spiro atoms. The van der Waals surface area contributed by atoms with Crippen LogP contribution >= 0.6 is 0 Å². The molecular weight excluding hydrogens is 282 g/mol. The molecule has 0 unspecified atom stereocenters. The Morgan fingerprint density at radius 2 is 2.09 bits per heavy atom. The van der Waals surface area contributed by atoms with Gasteiger partial charge < -0.3 is 14.9 Å². The molecule has 6 heteroatoms. The number of nitrogens with one attached hydrogen (secondary N) is 1. The van der Waals surface area contributed by atoms with Crippen molar-refractivity contribution in [3.05, 3.63) is 11.7 Å². The quantitative estimate of drug-likeness (QED) is 0.767. The Hall–Kier alpha value is -1.43. The lowest BCUT2D eigenvalue weighted by Gasteiger charge is -2.29. The van der Waals surface area contributed by atoms with Crippen molar-refractivity contribution in [2.24, 2.45) is 0 Å². The minimum absolute atomic E-state index is 0.280. The van der Waals surface area contributed by atoms with E-state index < -0.39 is 12.0 Å². The number of aromatic nitrogens is 2. The van der Waals surface area contributed by atoms with Gasteiger partial charge in [-0.15, -0.1) is 0 Å². The zero-order chi connectivity index (χ0) is 15.9. The van der Waals surface area contributed by atoms with E-state index in [1.54, 1.807) is 0 Å². The highest BCUT2D eigenvalue weighted by atomic mass is 16.5. The Labute approximate surface area is 131 Å². The second kappa shape index (κ2) is 8.27. The summed E-state index contributed by atoms with van der Waals surface area (Å²) >= 11 is 0. The monoisotopic (exact) mass is 309 g/mol. The molecule has 0 bridgehead atoms. The zero-order valence-electron chi connectivity index (χ0n) is 13.5. The maximum absolute atomic E-state index is 11.3. The van der Waals surface area contributed by atoms with Crippen LogP contribution in [-0.4, -0.2) is 33.3 Å². The van der Waals surface area contributed by atoms with Gasteiger partial charge in [0.1, 0.15) is 6.04 Å². The molecule has 124 valence electrons. The number of aliphatic carboxylic acids is 1. The Balaban J connectivity index is 1.82. The molecule has 1 aliphatic rings. The molecule has 2 N–H and O–H groups in total. The van der Waals surface area contributed by atoms with Crippen LogP contribution in [0.4, 0.5) is 0 Å². The van der Waals surface area contributed by atoms with Gasteiger partial charge in [0, 0.05) is 18.4 Å². The highest BCUT2D eigenvalue weighted by Gasteiger charge is 2.28. The fraction of sp³-hybridized carbons (Fsp3) is 0.812. The standard InChI is InChI=1S/C16H27N3O3/c1-3-5-6-13(16(20)21)17-12-9-7-11(8-10-12)15-18-14(4-2)19-22-15/h11-13,17H,3-10H2,1-2H3,(H,20,21)/t11?,12?,13-/m0/s1. The summed E-state index contributed by atoms with van der Waals surface area (Å²) < 4.78 is 5.33. The van der Waals surface area contributed by atoms with Crippen molar-refractivity contribution in [2.45, 2.75) is 83.2 Å². The lowest BCUT2D eigenvalue weighted by Crippen LogP contribution is -2.44. The molecule has 0 radical (unpaired) electrons. The topological polar surface area (TPSA) is 88.3 Å². The van der Waals surface area contributed by atoms with E-state index >= 15 is 0 Å². The van der Waals surface area contributed by atoms with E-state index in [0.29, 0.717) is 12.3 Å². The molecule has 1 atom stereocenters. The van der Waals surface area contributed by atoms with Crippen molar-refractivity contribution in [1.29, 1.82) is 0 Å². The average molecular weight is 309 g/mol. The molecule has 0 aliphatic heterocycles. The van der Waals surface area contributed by atoms with Gasteiger partial charge in [0.2, 0.25) is 5.89 Å². The van der Waals surface area contributed by atoms with Crippen molar-refractivity contribution in [3.63, 3.8) is 0 Å². The molecular formula is C16H27N3O3. The summed E-state index contributed by atoms with van der Waals surface area (Å²) in [7, 11) is 0. The Kier molecular flexibility index (Phi) is 6.36. The van der Waals surface area contributed by atoms with Crippen LogP contribution in [0.25, 0.3) is 0 Å². The number of hydrogen-bond donors (Lipinski definition) is 2. The van der Waals surface area contributed by atoms with Crippen LogP contribution in [0.3, 0.4) is 0 Å². The zero-order valence-corrected chi connectivity index (χ0v) is 13.5. The van der Waals surface area contributed by atoms with Crippen LogP contribution in [0.2, 0.25) is 0 Å². The third kappa shape index (κ3) is 4.53. The predicted octanol–water partition coefficient (Wildman–Crippen LogP) is 2.89. The van der Waals surface area contributed by atoms with Crippen molar-refractivity contribution >= 4 is 5.97 Å². The van der Waals surface area contributed by atoms with Crippen LogP contribution < -0.4 is 5.32 Å². The van der Waals surface area contributed by atoms with Gasteiger partial charge in [-0.2, -0.15) is 4.98 Å². The second-order valence-corrected chi connectivity index (χ2v) is 6.15. The maximum Gasteiger partial charge on any atom is 0.320 e. The number of aryl methyl sites for hydroxylation is 1. The maximum atomic E-state index is 11.3. The average Bonchev–Trinajstić information content (AvgIpc) is 3.00. The third-order valence-corrected chi connectivity index (χ3v) is 4.46. The van der Waals surface area contributed by atoms with Gasteiger partial charge in [0.05, 0.1) is 0 Å². The molecule has 1 saturated carbocycles. The Morgan fingerprint density at radius 1 is 1.36 bits per heavy atom. The molecule has 1 aromatic heterocycles. The molecule has 22 heavy (non-hydrogen) atoms. The summed E-state index contributed by atoms with van der Waals surface area (Å²) in [6.45, 7) is 4.09. The molecule has 1 fully saturated rings. The minimum Gasteiger partial charge on any atom is -0.480 e. The van der Waals surface area contributed by atoms with Crippen LogP contribution in [0, 0.1) is 0 Å². The number of carboxylic acids is 1. The van der Waals surface area contributed by atoms with Crippen LogP contribution in [-0.2, 0) is 11.2 Å². The Morgan fingerprint density at radius 3 is 2.64 bits per heavy atom. The van der Waals surface area contributed by atoms with E-state index in [2.05, 4.69) is 22.4 Å². The van der Waals surface area contributed by atoms with Gasteiger partial charge >= 0.3 is 5.97 Å². The third-order valence-electron chi connectivity index (χ3n) is 4.46. The molecule has 2 rings (SSSR count). The number of hydrogen-bond acceptors (Lipinski definition) is 5.